The van der Waals surface area contributed by atoms with Gasteiger partial charge in [-0.3, -0.25) is 0 Å². The number of methoxy groups -OCH3 is 1. The Morgan fingerprint density at radius 3 is 0.908 bits per heavy atom. The normalized spacial score (nSPS) is 17.7. The highest BCUT2D eigenvalue weighted by Gasteiger charge is 2.69. The summed E-state index contributed by atoms with van der Waals surface area (Å²) in [5.74, 6) is 5.51. The highest BCUT2D eigenvalue weighted by Crippen LogP contribution is 2.49. The van der Waals surface area contributed by atoms with Crippen molar-refractivity contribution in [2.24, 2.45) is 0 Å². The van der Waals surface area contributed by atoms with Crippen LogP contribution in [0.3, 0.4) is 0 Å². The Morgan fingerprint density at radius 1 is 0.239 bits per heavy atom. The van der Waals surface area contributed by atoms with E-state index >= 15 is 0 Å². The van der Waals surface area contributed by atoms with Crippen molar-refractivity contribution in [2.75, 3.05) is 7.11 Å². The van der Waals surface area contributed by atoms with Gasteiger partial charge in [0.15, 0.2) is 71.8 Å². The molecule has 6 aliphatic rings. The first kappa shape index (κ1) is 66.9. The molecular formula is C96H76N6O7+6. The van der Waals surface area contributed by atoms with Crippen LogP contribution >= 0.6 is 0 Å². The lowest BCUT2D eigenvalue weighted by Gasteiger charge is -2.32. The van der Waals surface area contributed by atoms with E-state index in [4.69, 9.17) is 33.2 Å². The second-order valence-electron chi connectivity index (χ2n) is 27.4. The molecule has 0 aliphatic carbocycles. The molecule has 3 spiro atoms. The molecule has 0 bridgehead atoms. The van der Waals surface area contributed by atoms with Gasteiger partial charge in [0.05, 0.1) is 40.5 Å². The van der Waals surface area contributed by atoms with E-state index in [1.165, 1.54) is 0 Å². The quantitative estimate of drug-likeness (QED) is 0.140. The second-order valence-corrected chi connectivity index (χ2v) is 27.4. The largest absolute Gasteiger partial charge is 0.714 e. The van der Waals surface area contributed by atoms with Gasteiger partial charge in [0.1, 0.15) is 5.75 Å². The van der Waals surface area contributed by atoms with Crippen LogP contribution < -0.4 is 33.2 Å². The first-order chi connectivity index (χ1) is 53.5. The Kier molecular flexibility index (Phi) is 17.0. The zero-order chi connectivity index (χ0) is 73.6. The average Bonchev–Trinajstić information content (AvgIpc) is 0.724. The van der Waals surface area contributed by atoms with Crippen LogP contribution in [0.25, 0.3) is 21.9 Å². The molecule has 0 unspecified atom stereocenters. The molecule has 526 valence electrons. The van der Waals surface area contributed by atoms with Crippen molar-refractivity contribution in [1.29, 1.82) is 0 Å². The van der Waals surface area contributed by atoms with Gasteiger partial charge in [0.2, 0.25) is 34.1 Å². The summed E-state index contributed by atoms with van der Waals surface area (Å²) in [7, 11) is 1.68. The molecule has 109 heavy (non-hydrogen) atoms. The van der Waals surface area contributed by atoms with Crippen molar-refractivity contribution in [1.82, 2.24) is 0 Å². The van der Waals surface area contributed by atoms with Crippen LogP contribution in [0, 0.1) is 27.7 Å². The average molecular weight is 1430 g/mol. The molecule has 0 radical (unpaired) electrons. The third-order valence-electron chi connectivity index (χ3n) is 20.3. The first-order valence-corrected chi connectivity index (χ1v) is 36.5. The van der Waals surface area contributed by atoms with Crippen molar-refractivity contribution >= 4 is 82.2 Å². The van der Waals surface area contributed by atoms with Gasteiger partial charge in [-0.1, -0.05) is 246 Å². The van der Waals surface area contributed by atoms with Crippen LogP contribution in [0.5, 0.6) is 40.2 Å². The van der Waals surface area contributed by atoms with Crippen molar-refractivity contribution in [3.63, 3.8) is 0 Å². The van der Waals surface area contributed by atoms with Crippen LogP contribution in [0.2, 0.25) is 0 Å². The zero-order valence-electron chi connectivity index (χ0n) is 60.8. The summed E-state index contributed by atoms with van der Waals surface area (Å²) >= 11 is 0. The Morgan fingerprint density at radius 2 is 0.532 bits per heavy atom. The van der Waals surface area contributed by atoms with E-state index < -0.39 is 18.1 Å². The molecule has 0 aromatic heterocycles. The summed E-state index contributed by atoms with van der Waals surface area (Å²) in [6, 6.07) is 109. The Balaban J connectivity index is 0.000000115. The van der Waals surface area contributed by atoms with Gasteiger partial charge in [-0.25, -0.2) is 0 Å². The van der Waals surface area contributed by atoms with Gasteiger partial charge in [-0.15, -0.1) is 0 Å². The summed E-state index contributed by atoms with van der Waals surface area (Å²) < 4.78 is 60.2. The predicted molar refractivity (Wildman–Crippen MR) is 428 cm³/mol. The van der Waals surface area contributed by atoms with E-state index in [0.29, 0.717) is 0 Å². The molecule has 6 heterocycles. The molecule has 13 nitrogen and oxygen atoms in total. The monoisotopic (exact) mass is 1420 g/mol. The highest BCUT2D eigenvalue weighted by molar-refractivity contribution is 5.97. The van der Waals surface area contributed by atoms with Crippen molar-refractivity contribution in [3.8, 4) is 51.4 Å². The van der Waals surface area contributed by atoms with E-state index in [1.54, 1.807) is 7.11 Å². The number of rotatable bonds is 8. The van der Waals surface area contributed by atoms with Gasteiger partial charge in [0.25, 0.3) is 0 Å². The number of hydrogen-bond acceptors (Lipinski definition) is 7. The van der Waals surface area contributed by atoms with E-state index in [1.807, 2.05) is 169 Å². The lowest BCUT2D eigenvalue weighted by atomic mass is 10.0. The molecule has 0 saturated heterocycles. The predicted octanol–water partition coefficient (Wildman–Crippen LogP) is 20.0. The Labute approximate surface area is 632 Å². The lowest BCUT2D eigenvalue weighted by molar-refractivity contribution is -0.856. The number of nitrogens with zero attached hydrogens (tertiary/aromatic N) is 6. The zero-order valence-corrected chi connectivity index (χ0v) is 60.8. The van der Waals surface area contributed by atoms with Gasteiger partial charge >= 0.3 is 18.1 Å². The van der Waals surface area contributed by atoms with Crippen LogP contribution in [-0.4, -0.2) is 90.0 Å². The fourth-order valence-corrected chi connectivity index (χ4v) is 15.0. The molecule has 3 atom stereocenters. The molecule has 14 aromatic carbocycles. The molecule has 14 aromatic rings. The maximum absolute atomic E-state index is 7.16. The van der Waals surface area contributed by atoms with E-state index in [-0.39, 0.29) is 0 Å². The van der Waals surface area contributed by atoms with Crippen molar-refractivity contribution in [3.05, 3.63) is 389 Å². The second kappa shape index (κ2) is 27.8. The highest BCUT2D eigenvalue weighted by atomic mass is 16.8. The molecule has 6 aliphatic heterocycles. The topological polar surface area (TPSA) is 82.7 Å². The number of para-hydroxylation sites is 10. The van der Waals surface area contributed by atoms with Gasteiger partial charge in [0, 0.05) is 83.7 Å². The first-order valence-electron chi connectivity index (χ1n) is 36.5. The van der Waals surface area contributed by atoms with E-state index in [9.17, 15) is 0 Å². The maximum atomic E-state index is 7.16. The summed E-state index contributed by atoms with van der Waals surface area (Å²) in [5, 5.41) is 2.17. The van der Waals surface area contributed by atoms with E-state index in [0.717, 1.165) is 152 Å². The number of benzene rings is 14. The third-order valence-corrected chi connectivity index (χ3v) is 20.3. The van der Waals surface area contributed by atoms with Crippen LogP contribution in [0.15, 0.2) is 334 Å². The van der Waals surface area contributed by atoms with E-state index in [2.05, 4.69) is 257 Å². The number of fused-ring (bicyclic) bond motifs is 8. The van der Waals surface area contributed by atoms with Gasteiger partial charge < -0.3 is 33.2 Å². The standard InChI is InChI=1S/C34H26N2O2.C32H24N2O2.C30H26N2O3/c1-25-13-11-16-27-23-35(29-18-7-3-8-19-29)34(37-32(25)27)36(30-20-9-4-10-21-30)24-28-17-12-22-31(33(28)38-34)26-14-5-2-6-15-26;1-23-11-10-13-25-21-33(27-14-4-2-5-15-27)32(35-30(23)25)34(28-16-6-3-7-17-28)22-26-20-19-24-12-8-9-18-29(24)31(26)36-32;1-21-11-10-12-23-19-31(25-13-6-4-7-14-25)30(34-28(21)23)32(26-15-8-5-9-16-26)20-24-18-27(33-3)17-22(2)29(24)35-30/h2-24H,1H3;2-22H,1H3;4-20H,1-3H3/q3*+2/t34-;32-;30-/m000/s1. The van der Waals surface area contributed by atoms with Gasteiger partial charge in [-0.2, -0.15) is 0 Å². The molecule has 0 amide bonds. The fourth-order valence-electron chi connectivity index (χ4n) is 15.0. The van der Waals surface area contributed by atoms with Crippen molar-refractivity contribution < 1.29 is 60.6 Å². The molecule has 20 rings (SSSR count). The number of aryl methyl sites for hydroxylation is 4. The SMILES string of the molecule is COc1cc(C)c2c(c1)C=[N+](c1ccccc1)[C@@]1(Oc3c(C)cccc3C=[N+]1c1ccccc1)O2.Cc1cccc2c1O[C@]1(Oc3c(ccc4ccccc34)C=[N+]1c1ccccc1)[N+](c1ccccc1)=C2.Cc1cccc2c1O[C@]1(Oc3c(cccc3-c3ccccc3)C=[N+]1c1ccccc1)[N+](c1ccccc1)=C2. The van der Waals surface area contributed by atoms with Gasteiger partial charge in [-0.05, 0) is 103 Å². The molecular weight excluding hydrogens is 1350 g/mol. The minimum atomic E-state index is -1.35. The minimum absolute atomic E-state index is 0.754. The van der Waals surface area contributed by atoms with Crippen LogP contribution in [0.1, 0.15) is 55.6 Å². The summed E-state index contributed by atoms with van der Waals surface area (Å²) in [5.41, 5.74) is 17.8. The smallest absolute Gasteiger partial charge is 0.497 e. The third kappa shape index (κ3) is 11.9. The summed E-state index contributed by atoms with van der Waals surface area (Å²) in [4.78, 5) is 0. The van der Waals surface area contributed by atoms with Crippen LogP contribution in [0.4, 0.5) is 34.1 Å². The molecule has 0 N–H and O–H groups in total. The molecule has 0 fully saturated rings. The van der Waals surface area contributed by atoms with Crippen molar-refractivity contribution in [2.45, 2.75) is 45.8 Å². The molecule has 0 saturated carbocycles. The maximum Gasteiger partial charge on any atom is 0.714 e. The van der Waals surface area contributed by atoms with Crippen LogP contribution in [-0.2, 0) is 0 Å². The lowest BCUT2D eigenvalue weighted by Crippen LogP contribution is -2.62. The fraction of sp³-hybridized carbons (Fsp3) is 0.0833. The summed E-state index contributed by atoms with van der Waals surface area (Å²) in [6.45, 7) is 8.23. The summed E-state index contributed by atoms with van der Waals surface area (Å²) in [6.07, 6.45) is 12.7. The number of ether oxygens (including phenoxy) is 7. The minimum Gasteiger partial charge on any atom is -0.497 e. The Hall–Kier alpha value is -14.0. The number of hydrogen-bond donors (Lipinski definition) is 0. The Bertz CT molecular complexity index is 6070. The molecule has 13 heteroatoms.